The summed E-state index contributed by atoms with van der Waals surface area (Å²) >= 11 is 0. The van der Waals surface area contributed by atoms with E-state index in [9.17, 15) is 9.90 Å². The van der Waals surface area contributed by atoms with Crippen LogP contribution >= 0.6 is 0 Å². The Hall–Kier alpha value is -2.14. The molecule has 0 bridgehead atoms. The topological polar surface area (TPSA) is 73.1 Å². The van der Waals surface area contributed by atoms with E-state index in [1.165, 1.54) is 0 Å². The molecule has 124 valence electrons. The van der Waals surface area contributed by atoms with E-state index < -0.39 is 12.2 Å². The molecule has 1 unspecified atom stereocenters. The third-order valence-electron chi connectivity index (χ3n) is 4.11. The average molecular weight is 316 g/mol. The fourth-order valence-electron chi connectivity index (χ4n) is 2.91. The molecule has 0 saturated carbocycles. The molecule has 0 amide bonds. The molecule has 5 heteroatoms. The number of hydrogen-bond donors (Lipinski definition) is 2. The number of nitrogens with zero attached hydrogens (tertiary/aromatic N) is 2. The normalized spacial score (nSPS) is 18.1. The van der Waals surface area contributed by atoms with Crippen molar-refractivity contribution in [2.24, 2.45) is 4.99 Å². The van der Waals surface area contributed by atoms with E-state index in [0.29, 0.717) is 6.42 Å². The van der Waals surface area contributed by atoms with Crippen molar-refractivity contribution in [1.82, 2.24) is 4.90 Å². The van der Waals surface area contributed by atoms with Crippen LogP contribution in [0.1, 0.15) is 45.1 Å². The lowest BCUT2D eigenvalue weighted by atomic mass is 10.00. The standard InChI is InChI=1S/C18H24N2O3/c1-13-17(15-9-5-3-6-10-15)18(23)19-14(2)20(13)12-8-4-7-11-16(21)22/h3,5-6,9-10,18,23H,4,7-8,11-12H2,1-2H3,(H,21,22). The van der Waals surface area contributed by atoms with E-state index in [4.69, 9.17) is 5.11 Å². The smallest absolute Gasteiger partial charge is 0.303 e. The van der Waals surface area contributed by atoms with Gasteiger partial charge in [0.1, 0.15) is 5.84 Å². The first kappa shape index (κ1) is 17.2. The quantitative estimate of drug-likeness (QED) is 0.758. The van der Waals surface area contributed by atoms with E-state index >= 15 is 0 Å². The second-order valence-corrected chi connectivity index (χ2v) is 5.77. The molecule has 0 aromatic heterocycles. The Morgan fingerprint density at radius 3 is 2.52 bits per heavy atom. The van der Waals surface area contributed by atoms with Gasteiger partial charge in [-0.3, -0.25) is 4.79 Å². The Balaban J connectivity index is 2.07. The van der Waals surface area contributed by atoms with Crippen LogP contribution in [0.3, 0.4) is 0 Å². The highest BCUT2D eigenvalue weighted by Gasteiger charge is 2.25. The molecule has 1 heterocycles. The van der Waals surface area contributed by atoms with Crippen LogP contribution in [0.2, 0.25) is 0 Å². The van der Waals surface area contributed by atoms with Gasteiger partial charge in [0, 0.05) is 24.2 Å². The van der Waals surface area contributed by atoms with Crippen molar-refractivity contribution in [3.05, 3.63) is 41.6 Å². The summed E-state index contributed by atoms with van der Waals surface area (Å²) in [6.07, 6.45) is 1.84. The summed E-state index contributed by atoms with van der Waals surface area (Å²) in [5, 5.41) is 19.0. The van der Waals surface area contributed by atoms with E-state index in [0.717, 1.165) is 42.1 Å². The summed E-state index contributed by atoms with van der Waals surface area (Å²) in [4.78, 5) is 17.0. The molecule has 1 atom stereocenters. The number of carbonyl (C=O) groups is 1. The number of allylic oxidation sites excluding steroid dienone is 1. The molecule has 2 N–H and O–H groups in total. The SMILES string of the molecule is CC1=NC(O)C(c2ccccc2)=C(C)N1CCCCCC(=O)O. The van der Waals surface area contributed by atoms with Gasteiger partial charge < -0.3 is 15.1 Å². The Kier molecular flexibility index (Phi) is 5.93. The third kappa shape index (κ3) is 4.42. The maximum Gasteiger partial charge on any atom is 0.303 e. The first-order valence-electron chi connectivity index (χ1n) is 7.98. The number of aliphatic imine (C=N–C) groups is 1. The van der Waals surface area contributed by atoms with Gasteiger partial charge in [0.25, 0.3) is 0 Å². The Morgan fingerprint density at radius 2 is 1.87 bits per heavy atom. The van der Waals surface area contributed by atoms with Gasteiger partial charge in [-0.15, -0.1) is 0 Å². The third-order valence-corrected chi connectivity index (χ3v) is 4.11. The summed E-state index contributed by atoms with van der Waals surface area (Å²) in [7, 11) is 0. The highest BCUT2D eigenvalue weighted by molar-refractivity contribution is 5.88. The van der Waals surface area contributed by atoms with Gasteiger partial charge in [-0.1, -0.05) is 36.8 Å². The van der Waals surface area contributed by atoms with Gasteiger partial charge in [0.2, 0.25) is 0 Å². The fourth-order valence-corrected chi connectivity index (χ4v) is 2.91. The molecule has 0 aliphatic carbocycles. The molecule has 0 saturated heterocycles. The summed E-state index contributed by atoms with van der Waals surface area (Å²) < 4.78 is 0. The molecule has 2 rings (SSSR count). The predicted molar refractivity (Wildman–Crippen MR) is 91.0 cm³/mol. The van der Waals surface area contributed by atoms with Crippen molar-refractivity contribution in [2.75, 3.05) is 6.54 Å². The lowest BCUT2D eigenvalue weighted by molar-refractivity contribution is -0.137. The number of rotatable bonds is 7. The molecule has 0 spiro atoms. The molecular weight excluding hydrogens is 292 g/mol. The van der Waals surface area contributed by atoms with E-state index in [-0.39, 0.29) is 6.42 Å². The maximum atomic E-state index is 10.5. The van der Waals surface area contributed by atoms with Gasteiger partial charge in [-0.25, -0.2) is 4.99 Å². The average Bonchev–Trinajstić information content (AvgIpc) is 2.50. The Bertz CT molecular complexity index is 608. The number of carboxylic acid groups (broad SMARTS) is 1. The second kappa shape index (κ2) is 7.92. The molecule has 1 aromatic rings. The summed E-state index contributed by atoms with van der Waals surface area (Å²) in [5.74, 6) is 0.0548. The minimum atomic E-state index is -0.833. The van der Waals surface area contributed by atoms with Crippen LogP contribution in [-0.4, -0.2) is 39.7 Å². The second-order valence-electron chi connectivity index (χ2n) is 5.77. The number of aliphatic carboxylic acids is 1. The van der Waals surface area contributed by atoms with Gasteiger partial charge >= 0.3 is 5.97 Å². The summed E-state index contributed by atoms with van der Waals surface area (Å²) in [5.41, 5.74) is 2.82. The summed E-state index contributed by atoms with van der Waals surface area (Å²) in [6, 6.07) is 9.80. The lowest BCUT2D eigenvalue weighted by Gasteiger charge is -2.33. The molecular formula is C18H24N2O3. The first-order chi connectivity index (χ1) is 11.0. The number of aliphatic hydroxyl groups excluding tert-OH is 1. The van der Waals surface area contributed by atoms with E-state index in [1.807, 2.05) is 44.2 Å². The van der Waals surface area contributed by atoms with Crippen molar-refractivity contribution in [1.29, 1.82) is 0 Å². The van der Waals surface area contributed by atoms with Crippen LogP contribution in [0.25, 0.3) is 5.57 Å². The molecule has 1 aliphatic rings. The van der Waals surface area contributed by atoms with E-state index in [2.05, 4.69) is 9.89 Å². The van der Waals surface area contributed by atoms with Crippen molar-refractivity contribution >= 4 is 17.4 Å². The number of benzene rings is 1. The van der Waals surface area contributed by atoms with Crippen molar-refractivity contribution in [3.8, 4) is 0 Å². The van der Waals surface area contributed by atoms with Crippen LogP contribution in [-0.2, 0) is 4.79 Å². The molecule has 1 aliphatic heterocycles. The predicted octanol–water partition coefficient (Wildman–Crippen LogP) is 3.12. The van der Waals surface area contributed by atoms with Crippen LogP contribution < -0.4 is 0 Å². The Labute approximate surface area is 137 Å². The minimum Gasteiger partial charge on any atom is -0.481 e. The van der Waals surface area contributed by atoms with Crippen LogP contribution in [0.15, 0.2) is 41.0 Å². The number of unbranched alkanes of at least 4 members (excludes halogenated alkanes) is 2. The largest absolute Gasteiger partial charge is 0.481 e. The number of amidine groups is 1. The Morgan fingerprint density at radius 1 is 1.17 bits per heavy atom. The maximum absolute atomic E-state index is 10.5. The van der Waals surface area contributed by atoms with Crippen molar-refractivity contribution in [3.63, 3.8) is 0 Å². The number of carboxylic acids is 1. The molecule has 0 fully saturated rings. The zero-order valence-electron chi connectivity index (χ0n) is 13.7. The first-order valence-corrected chi connectivity index (χ1v) is 7.98. The zero-order valence-corrected chi connectivity index (χ0v) is 13.7. The van der Waals surface area contributed by atoms with Gasteiger partial charge in [-0.2, -0.15) is 0 Å². The van der Waals surface area contributed by atoms with Gasteiger partial charge in [0.05, 0.1) is 0 Å². The van der Waals surface area contributed by atoms with Crippen LogP contribution in [0.4, 0.5) is 0 Å². The number of hydrogen-bond acceptors (Lipinski definition) is 4. The highest BCUT2D eigenvalue weighted by Crippen LogP contribution is 2.29. The molecule has 0 radical (unpaired) electrons. The fraction of sp³-hybridized carbons (Fsp3) is 0.444. The highest BCUT2D eigenvalue weighted by atomic mass is 16.4. The monoisotopic (exact) mass is 316 g/mol. The van der Waals surface area contributed by atoms with Crippen LogP contribution in [0, 0.1) is 0 Å². The zero-order chi connectivity index (χ0) is 16.8. The molecule has 23 heavy (non-hydrogen) atoms. The minimum absolute atomic E-state index is 0.218. The summed E-state index contributed by atoms with van der Waals surface area (Å²) in [6.45, 7) is 4.68. The van der Waals surface area contributed by atoms with Crippen molar-refractivity contribution < 1.29 is 15.0 Å². The molecule has 1 aromatic carbocycles. The van der Waals surface area contributed by atoms with E-state index in [1.54, 1.807) is 0 Å². The van der Waals surface area contributed by atoms with Gasteiger partial charge in [0.15, 0.2) is 6.23 Å². The van der Waals surface area contributed by atoms with Crippen LogP contribution in [0.5, 0.6) is 0 Å². The lowest BCUT2D eigenvalue weighted by Crippen LogP contribution is -2.35. The van der Waals surface area contributed by atoms with Gasteiger partial charge in [-0.05, 0) is 32.3 Å². The number of aliphatic hydroxyl groups is 1. The van der Waals surface area contributed by atoms with Crippen molar-refractivity contribution in [2.45, 2.75) is 45.8 Å². The molecule has 5 nitrogen and oxygen atoms in total.